The molecule has 2 aliphatic rings. The largest absolute Gasteiger partial charge is 0.591 e. The molecule has 2 aliphatic heterocycles. The molecular formula is C17H16ClN5O2S2. The third-order valence-corrected chi connectivity index (χ3v) is 8.14. The third-order valence-electron chi connectivity index (χ3n) is 4.74. The summed E-state index contributed by atoms with van der Waals surface area (Å²) in [6, 6.07) is 5.67. The molecule has 0 spiro atoms. The number of halogens is 1. The van der Waals surface area contributed by atoms with Crippen LogP contribution in [0.5, 0.6) is 0 Å². The van der Waals surface area contributed by atoms with Crippen LogP contribution in [0.2, 0.25) is 5.02 Å². The maximum Gasteiger partial charge on any atom is 0.269 e. The molecule has 3 unspecified atom stereocenters. The van der Waals surface area contributed by atoms with Crippen LogP contribution in [0, 0.1) is 16.7 Å². The molecule has 4 rings (SSSR count). The van der Waals surface area contributed by atoms with E-state index in [1.807, 2.05) is 6.07 Å². The molecule has 2 aromatic rings. The quantitative estimate of drug-likeness (QED) is 0.722. The number of fused-ring (bicyclic) bond motifs is 1. The minimum atomic E-state index is -1.50. The maximum atomic E-state index is 12.9. The average Bonchev–Trinajstić information content (AvgIpc) is 3.08. The molecule has 2 saturated heterocycles. The summed E-state index contributed by atoms with van der Waals surface area (Å²) in [5.74, 6) is 0.0780. The number of guanidine groups is 1. The average molecular weight is 422 g/mol. The van der Waals surface area contributed by atoms with Crippen molar-refractivity contribution in [2.45, 2.75) is 23.8 Å². The van der Waals surface area contributed by atoms with Gasteiger partial charge in [0.15, 0.2) is 5.54 Å². The number of aromatic nitrogens is 1. The predicted octanol–water partition coefficient (Wildman–Crippen LogP) is 2.80. The Labute approximate surface area is 168 Å². The Kier molecular flexibility index (Phi) is 4.78. The van der Waals surface area contributed by atoms with Crippen molar-refractivity contribution in [3.05, 3.63) is 40.0 Å². The van der Waals surface area contributed by atoms with E-state index >= 15 is 0 Å². The molecule has 27 heavy (non-hydrogen) atoms. The van der Waals surface area contributed by atoms with Gasteiger partial charge in [0, 0.05) is 22.8 Å². The topological polar surface area (TPSA) is 108 Å². The maximum absolute atomic E-state index is 12.9. The molecule has 10 heteroatoms. The lowest BCUT2D eigenvalue weighted by molar-refractivity contribution is -0.00912. The molecule has 0 saturated carbocycles. The first-order valence-electron chi connectivity index (χ1n) is 8.24. The van der Waals surface area contributed by atoms with Crippen molar-refractivity contribution < 1.29 is 9.29 Å². The fraction of sp³-hybridized carbons (Fsp3) is 0.353. The normalized spacial score (nSPS) is 27.6. The van der Waals surface area contributed by atoms with Crippen molar-refractivity contribution in [1.29, 1.82) is 10.7 Å². The van der Waals surface area contributed by atoms with Gasteiger partial charge in [-0.1, -0.05) is 11.6 Å². The number of pyridine rings is 1. The summed E-state index contributed by atoms with van der Waals surface area (Å²) in [5, 5.41) is 21.0. The van der Waals surface area contributed by atoms with Crippen LogP contribution in [0.15, 0.2) is 24.5 Å². The highest BCUT2D eigenvalue weighted by molar-refractivity contribution is 7.90. The summed E-state index contributed by atoms with van der Waals surface area (Å²) in [5.41, 5.74) is -0.178. The van der Waals surface area contributed by atoms with Crippen LogP contribution in [-0.4, -0.2) is 38.9 Å². The molecule has 3 atom stereocenters. The molecule has 0 aliphatic carbocycles. The van der Waals surface area contributed by atoms with Crippen LogP contribution >= 0.6 is 22.9 Å². The van der Waals surface area contributed by atoms with Gasteiger partial charge in [-0.15, -0.1) is 11.3 Å². The van der Waals surface area contributed by atoms with Gasteiger partial charge in [-0.2, -0.15) is 9.57 Å². The van der Waals surface area contributed by atoms with E-state index in [-0.39, 0.29) is 5.96 Å². The summed E-state index contributed by atoms with van der Waals surface area (Å²) in [6.07, 6.45) is 4.62. The smallest absolute Gasteiger partial charge is 0.269 e. The lowest BCUT2D eigenvalue weighted by Crippen LogP contribution is -2.69. The van der Waals surface area contributed by atoms with E-state index in [0.29, 0.717) is 23.6 Å². The third kappa shape index (κ3) is 2.98. The van der Waals surface area contributed by atoms with Gasteiger partial charge < -0.3 is 14.6 Å². The molecule has 0 bridgehead atoms. The number of hydrogen-bond donors (Lipinski definition) is 2. The van der Waals surface area contributed by atoms with E-state index in [4.69, 9.17) is 27.0 Å². The number of nitriles is 1. The summed E-state index contributed by atoms with van der Waals surface area (Å²) in [6.45, 7) is 0.519. The first-order chi connectivity index (χ1) is 13.0. The molecule has 2 fully saturated rings. The van der Waals surface area contributed by atoms with Gasteiger partial charge in [-0.3, -0.25) is 10.4 Å². The molecule has 7 nitrogen and oxygen atoms in total. The second kappa shape index (κ2) is 6.96. The number of rotatable bonds is 2. The van der Waals surface area contributed by atoms with Crippen LogP contribution in [-0.2, 0) is 21.6 Å². The Morgan fingerprint density at radius 2 is 2.37 bits per heavy atom. The Hall–Kier alpha value is -1.83. The highest BCUT2D eigenvalue weighted by Crippen LogP contribution is 2.48. The summed E-state index contributed by atoms with van der Waals surface area (Å²) < 4.78 is 20.1. The van der Waals surface area contributed by atoms with Gasteiger partial charge in [-0.25, -0.2) is 0 Å². The van der Waals surface area contributed by atoms with E-state index in [9.17, 15) is 4.55 Å². The molecule has 0 amide bonds. The van der Waals surface area contributed by atoms with Crippen LogP contribution in [0.4, 0.5) is 0 Å². The van der Waals surface area contributed by atoms with Crippen molar-refractivity contribution in [3.8, 4) is 16.5 Å². The first kappa shape index (κ1) is 18.5. The number of nitrogens with zero attached hydrogens (tertiary/aromatic N) is 3. The molecule has 0 aromatic carbocycles. The standard InChI is InChI=1S/C17H16ClN5O2S2/c1-23-16(20)22-17(3-2-4-25-15(17)27(23)24)14-12(18)6-13(26-14)11-5-10(7-19)8-21-9-11/h5-6,8-9,15H,2-4H2,1H3,(H2,20,22). The Morgan fingerprint density at radius 3 is 3.15 bits per heavy atom. The highest BCUT2D eigenvalue weighted by Gasteiger charge is 2.58. The van der Waals surface area contributed by atoms with Gasteiger partial charge in [0.05, 0.1) is 29.1 Å². The van der Waals surface area contributed by atoms with Crippen molar-refractivity contribution in [2.75, 3.05) is 13.7 Å². The Morgan fingerprint density at radius 1 is 1.56 bits per heavy atom. The first-order valence-corrected chi connectivity index (χ1v) is 10.6. The Bertz CT molecular complexity index is 946. The van der Waals surface area contributed by atoms with Gasteiger partial charge in [0.2, 0.25) is 5.96 Å². The second-order valence-electron chi connectivity index (χ2n) is 6.39. The van der Waals surface area contributed by atoms with E-state index < -0.39 is 22.3 Å². The lowest BCUT2D eigenvalue weighted by atomic mass is 9.90. The zero-order valence-corrected chi connectivity index (χ0v) is 16.7. The molecule has 0 radical (unpaired) electrons. The fourth-order valence-electron chi connectivity index (χ4n) is 3.41. The summed E-state index contributed by atoms with van der Waals surface area (Å²) in [7, 11) is 1.61. The van der Waals surface area contributed by atoms with Gasteiger partial charge in [-0.05, 0) is 25.0 Å². The highest BCUT2D eigenvalue weighted by atomic mass is 35.5. The van der Waals surface area contributed by atoms with E-state index in [1.54, 1.807) is 19.3 Å². The molecule has 2 aromatic heterocycles. The minimum absolute atomic E-state index is 0.0780. The molecule has 140 valence electrons. The molecule has 4 heterocycles. The zero-order chi connectivity index (χ0) is 19.2. The summed E-state index contributed by atoms with van der Waals surface area (Å²) in [4.78, 5) is 5.76. The van der Waals surface area contributed by atoms with E-state index in [0.717, 1.165) is 21.7 Å². The SMILES string of the molecule is CN1C(=N)NC2(c3sc(-c4cncc(C#N)c4)cc3Cl)CCCOC2[S+]1[O-]. The lowest BCUT2D eigenvalue weighted by Gasteiger charge is -2.48. The van der Waals surface area contributed by atoms with Crippen LogP contribution in [0.1, 0.15) is 23.3 Å². The minimum Gasteiger partial charge on any atom is -0.591 e. The van der Waals surface area contributed by atoms with Crippen molar-refractivity contribution in [1.82, 2.24) is 14.6 Å². The van der Waals surface area contributed by atoms with E-state index in [1.165, 1.54) is 21.8 Å². The van der Waals surface area contributed by atoms with Crippen LogP contribution in [0.25, 0.3) is 10.4 Å². The van der Waals surface area contributed by atoms with Crippen LogP contribution in [0.3, 0.4) is 0 Å². The summed E-state index contributed by atoms with van der Waals surface area (Å²) >= 11 is 6.54. The van der Waals surface area contributed by atoms with Crippen LogP contribution < -0.4 is 5.32 Å². The van der Waals surface area contributed by atoms with Gasteiger partial charge in [0.1, 0.15) is 17.4 Å². The fourth-order valence-corrected chi connectivity index (χ4v) is 6.53. The van der Waals surface area contributed by atoms with Gasteiger partial charge >= 0.3 is 0 Å². The number of nitrogens with one attached hydrogen (secondary N) is 2. The number of hydrogen-bond acceptors (Lipinski definition) is 6. The Balaban J connectivity index is 1.81. The van der Waals surface area contributed by atoms with E-state index in [2.05, 4.69) is 16.4 Å². The van der Waals surface area contributed by atoms with Gasteiger partial charge in [0.25, 0.3) is 5.44 Å². The molecular weight excluding hydrogens is 406 g/mol. The van der Waals surface area contributed by atoms with Crippen molar-refractivity contribution in [3.63, 3.8) is 0 Å². The monoisotopic (exact) mass is 421 g/mol. The second-order valence-corrected chi connectivity index (χ2v) is 9.37. The number of thiophene rings is 1. The van der Waals surface area contributed by atoms with Crippen molar-refractivity contribution in [2.24, 2.45) is 0 Å². The molecule has 2 N–H and O–H groups in total. The predicted molar refractivity (Wildman–Crippen MR) is 105 cm³/mol. The van der Waals surface area contributed by atoms with Crippen molar-refractivity contribution >= 4 is 40.3 Å². The number of ether oxygens (including phenoxy) is 1. The zero-order valence-electron chi connectivity index (χ0n) is 14.4.